The molecule has 1 amide bonds. The number of sulfonamides is 1. The van der Waals surface area contributed by atoms with Crippen LogP contribution in [0.2, 0.25) is 0 Å². The number of carbonyl (C=O) groups excluding carboxylic acids is 1. The van der Waals surface area contributed by atoms with Crippen LogP contribution in [0.1, 0.15) is 18.4 Å². The molecule has 1 atom stereocenters. The first-order chi connectivity index (χ1) is 10.8. The average molecular weight is 334 g/mol. The van der Waals surface area contributed by atoms with Crippen LogP contribution in [0.25, 0.3) is 0 Å². The molecule has 0 saturated heterocycles. The summed E-state index contributed by atoms with van der Waals surface area (Å²) in [5.41, 5.74) is 6.38. The maximum atomic E-state index is 12.3. The molecular weight excluding hydrogens is 316 g/mol. The summed E-state index contributed by atoms with van der Waals surface area (Å²) in [5.74, 6) is -0.285. The number of nitrogens with one attached hydrogen (secondary N) is 1. The van der Waals surface area contributed by atoms with E-state index in [4.69, 9.17) is 10.5 Å². The number of nitrogens with two attached hydrogens (primary N) is 1. The van der Waals surface area contributed by atoms with Crippen molar-refractivity contribution in [1.82, 2.24) is 0 Å². The number of amides is 1. The van der Waals surface area contributed by atoms with Gasteiger partial charge in [0.25, 0.3) is 10.0 Å². The lowest BCUT2D eigenvalue weighted by atomic mass is 10.0. The molecule has 0 heterocycles. The second kappa shape index (κ2) is 6.70. The fraction of sp³-hybridized carbons (Fsp3) is 0.188. The number of rotatable bonds is 6. The molecule has 0 bridgehead atoms. The summed E-state index contributed by atoms with van der Waals surface area (Å²) >= 11 is 0. The molecule has 0 spiro atoms. The number of hydrogen-bond donors (Lipinski definition) is 2. The van der Waals surface area contributed by atoms with E-state index in [1.165, 1.54) is 19.2 Å². The molecular formula is C16H18N2O4S. The third-order valence-corrected chi connectivity index (χ3v) is 4.86. The van der Waals surface area contributed by atoms with Gasteiger partial charge in [-0.1, -0.05) is 12.1 Å². The van der Waals surface area contributed by atoms with Crippen LogP contribution in [0.15, 0.2) is 53.4 Å². The maximum Gasteiger partial charge on any atom is 0.261 e. The van der Waals surface area contributed by atoms with Gasteiger partial charge in [0.05, 0.1) is 17.9 Å². The van der Waals surface area contributed by atoms with Crippen molar-refractivity contribution < 1.29 is 17.9 Å². The van der Waals surface area contributed by atoms with E-state index in [1.54, 1.807) is 43.3 Å². The van der Waals surface area contributed by atoms with E-state index in [1.807, 2.05) is 0 Å². The predicted octanol–water partition coefficient (Wildman–Crippen LogP) is 2.08. The van der Waals surface area contributed by atoms with Crippen LogP contribution in [-0.2, 0) is 14.8 Å². The summed E-state index contributed by atoms with van der Waals surface area (Å²) < 4.78 is 32.1. The summed E-state index contributed by atoms with van der Waals surface area (Å²) in [6.07, 6.45) is 0. The predicted molar refractivity (Wildman–Crippen MR) is 87.9 cm³/mol. The van der Waals surface area contributed by atoms with Gasteiger partial charge in [0, 0.05) is 5.69 Å². The topological polar surface area (TPSA) is 98.5 Å². The first-order valence-electron chi connectivity index (χ1n) is 6.89. The molecule has 0 aliphatic rings. The molecule has 2 aromatic rings. The Labute approximate surface area is 135 Å². The maximum absolute atomic E-state index is 12.3. The van der Waals surface area contributed by atoms with Crippen molar-refractivity contribution in [3.05, 3.63) is 54.1 Å². The van der Waals surface area contributed by atoms with E-state index < -0.39 is 21.8 Å². The highest BCUT2D eigenvalue weighted by atomic mass is 32.2. The number of primary amides is 1. The minimum Gasteiger partial charge on any atom is -0.497 e. The first-order valence-corrected chi connectivity index (χ1v) is 8.38. The van der Waals surface area contributed by atoms with Crippen molar-refractivity contribution in [1.29, 1.82) is 0 Å². The summed E-state index contributed by atoms with van der Waals surface area (Å²) in [5, 5.41) is 0. The van der Waals surface area contributed by atoms with Crippen LogP contribution in [0.3, 0.4) is 0 Å². The van der Waals surface area contributed by atoms with E-state index in [0.29, 0.717) is 11.4 Å². The lowest BCUT2D eigenvalue weighted by Crippen LogP contribution is -2.18. The monoisotopic (exact) mass is 334 g/mol. The van der Waals surface area contributed by atoms with Crippen molar-refractivity contribution in [2.75, 3.05) is 11.8 Å². The minimum absolute atomic E-state index is 0.132. The van der Waals surface area contributed by atoms with Gasteiger partial charge in [-0.3, -0.25) is 9.52 Å². The van der Waals surface area contributed by atoms with Gasteiger partial charge in [0.1, 0.15) is 5.75 Å². The Morgan fingerprint density at radius 3 is 2.13 bits per heavy atom. The number of carbonyl (C=O) groups is 1. The molecule has 2 rings (SSSR count). The lowest BCUT2D eigenvalue weighted by molar-refractivity contribution is -0.119. The number of benzene rings is 2. The zero-order valence-corrected chi connectivity index (χ0v) is 13.6. The molecule has 0 aliphatic heterocycles. The highest BCUT2D eigenvalue weighted by Gasteiger charge is 2.15. The van der Waals surface area contributed by atoms with E-state index in [2.05, 4.69) is 4.72 Å². The summed E-state index contributed by atoms with van der Waals surface area (Å²) in [7, 11) is -2.17. The molecule has 7 heteroatoms. The smallest absolute Gasteiger partial charge is 0.261 e. The summed E-state index contributed by atoms with van der Waals surface area (Å²) in [4.78, 5) is 11.3. The zero-order valence-electron chi connectivity index (χ0n) is 12.8. The van der Waals surface area contributed by atoms with Crippen molar-refractivity contribution in [3.8, 4) is 5.75 Å². The fourth-order valence-electron chi connectivity index (χ4n) is 1.97. The minimum atomic E-state index is -3.68. The Hall–Kier alpha value is -2.54. The largest absolute Gasteiger partial charge is 0.497 e. The fourth-order valence-corrected chi connectivity index (χ4v) is 3.03. The van der Waals surface area contributed by atoms with Crippen LogP contribution >= 0.6 is 0 Å². The van der Waals surface area contributed by atoms with Gasteiger partial charge in [-0.15, -0.1) is 0 Å². The second-order valence-corrected chi connectivity index (χ2v) is 6.71. The third-order valence-electron chi connectivity index (χ3n) is 3.46. The van der Waals surface area contributed by atoms with E-state index >= 15 is 0 Å². The first kappa shape index (κ1) is 16.8. The van der Waals surface area contributed by atoms with Gasteiger partial charge in [0.2, 0.25) is 5.91 Å². The highest BCUT2D eigenvalue weighted by molar-refractivity contribution is 7.92. The van der Waals surface area contributed by atoms with Gasteiger partial charge in [-0.2, -0.15) is 0 Å². The Morgan fingerprint density at radius 1 is 1.09 bits per heavy atom. The van der Waals surface area contributed by atoms with E-state index in [-0.39, 0.29) is 4.90 Å². The Kier molecular flexibility index (Phi) is 4.90. The number of hydrogen-bond acceptors (Lipinski definition) is 4. The second-order valence-electron chi connectivity index (χ2n) is 5.03. The summed E-state index contributed by atoms with van der Waals surface area (Å²) in [6, 6.07) is 12.6. The van der Waals surface area contributed by atoms with E-state index in [9.17, 15) is 13.2 Å². The van der Waals surface area contributed by atoms with Gasteiger partial charge in [0.15, 0.2) is 0 Å². The number of anilines is 1. The molecule has 3 N–H and O–H groups in total. The van der Waals surface area contributed by atoms with Crippen LogP contribution in [0, 0.1) is 0 Å². The van der Waals surface area contributed by atoms with Crippen molar-refractivity contribution >= 4 is 21.6 Å². The van der Waals surface area contributed by atoms with Crippen LogP contribution < -0.4 is 15.2 Å². The molecule has 6 nitrogen and oxygen atoms in total. The molecule has 0 unspecified atom stereocenters. The van der Waals surface area contributed by atoms with Gasteiger partial charge >= 0.3 is 0 Å². The highest BCUT2D eigenvalue weighted by Crippen LogP contribution is 2.21. The van der Waals surface area contributed by atoms with Crippen LogP contribution in [0.5, 0.6) is 5.75 Å². The van der Waals surface area contributed by atoms with Crippen LogP contribution in [0.4, 0.5) is 5.69 Å². The average Bonchev–Trinajstić information content (AvgIpc) is 2.54. The van der Waals surface area contributed by atoms with Crippen molar-refractivity contribution in [3.63, 3.8) is 0 Å². The quantitative estimate of drug-likeness (QED) is 0.845. The molecule has 122 valence electrons. The van der Waals surface area contributed by atoms with Gasteiger partial charge in [-0.05, 0) is 48.9 Å². The van der Waals surface area contributed by atoms with Gasteiger partial charge < -0.3 is 10.5 Å². The van der Waals surface area contributed by atoms with Gasteiger partial charge in [-0.25, -0.2) is 8.42 Å². The number of ether oxygens (including phenoxy) is 1. The third kappa shape index (κ3) is 4.01. The Bertz CT molecular complexity index is 784. The standard InChI is InChI=1S/C16H18N2O4S/c1-11(16(17)19)12-3-5-13(6-4-12)18-23(20,21)15-9-7-14(22-2)8-10-15/h3-11,18H,1-2H3,(H2,17,19)/t11-/m1/s1. The molecule has 2 aromatic carbocycles. The van der Waals surface area contributed by atoms with E-state index in [0.717, 1.165) is 5.56 Å². The summed E-state index contributed by atoms with van der Waals surface area (Å²) in [6.45, 7) is 1.69. The molecule has 0 fully saturated rings. The van der Waals surface area contributed by atoms with Crippen LogP contribution in [-0.4, -0.2) is 21.4 Å². The molecule has 0 aromatic heterocycles. The molecule has 23 heavy (non-hydrogen) atoms. The Balaban J connectivity index is 2.18. The SMILES string of the molecule is COc1ccc(S(=O)(=O)Nc2ccc([C@@H](C)C(N)=O)cc2)cc1. The molecule has 0 radical (unpaired) electrons. The normalized spacial score (nSPS) is 12.4. The van der Waals surface area contributed by atoms with Crippen molar-refractivity contribution in [2.45, 2.75) is 17.7 Å². The van der Waals surface area contributed by atoms with Crippen molar-refractivity contribution in [2.24, 2.45) is 5.73 Å². The molecule has 0 saturated carbocycles. The zero-order chi connectivity index (χ0) is 17.0. The Morgan fingerprint density at radius 2 is 1.65 bits per heavy atom. The molecule has 0 aliphatic carbocycles. The lowest BCUT2D eigenvalue weighted by Gasteiger charge is -2.11. The number of methoxy groups -OCH3 is 1.